The fourth-order valence-corrected chi connectivity index (χ4v) is 4.53. The van der Waals surface area contributed by atoms with E-state index in [9.17, 15) is 19.2 Å². The Morgan fingerprint density at radius 2 is 1.43 bits per heavy atom. The number of hydrogen-bond acceptors (Lipinski definition) is 6. The highest BCUT2D eigenvalue weighted by atomic mass is 35.5. The van der Waals surface area contributed by atoms with Crippen LogP contribution in [0.3, 0.4) is 0 Å². The number of anilines is 1. The minimum Gasteiger partial charge on any atom is -0.494 e. The molecule has 12 heteroatoms. The topological polar surface area (TPSA) is 102 Å². The van der Waals surface area contributed by atoms with E-state index in [2.05, 4.69) is 5.32 Å². The lowest BCUT2D eigenvalue weighted by molar-refractivity contribution is -0.152. The molecule has 1 aliphatic rings. The van der Waals surface area contributed by atoms with Crippen LogP contribution in [0.4, 0.5) is 5.69 Å². The zero-order chi connectivity index (χ0) is 26.0. The third-order valence-corrected chi connectivity index (χ3v) is 6.88. The molecule has 0 saturated carbocycles. The summed E-state index contributed by atoms with van der Waals surface area (Å²) in [5, 5.41) is 1.71. The molecule has 3 rings (SSSR count). The number of imide groups is 1. The molecule has 1 aliphatic heterocycles. The van der Waals surface area contributed by atoms with E-state index in [1.54, 1.807) is 38.1 Å². The Labute approximate surface area is 221 Å². The van der Waals surface area contributed by atoms with Crippen molar-refractivity contribution in [1.82, 2.24) is 4.90 Å². The Balaban J connectivity index is 1.75. The highest BCUT2D eigenvalue weighted by molar-refractivity contribution is 6.55. The first-order chi connectivity index (χ1) is 16.5. The molecule has 0 saturated heterocycles. The number of nitrogens with one attached hydrogen (secondary N) is 1. The molecular formula is C23H20Cl4N2O6. The average Bonchev–Trinajstić information content (AvgIpc) is 3.06. The van der Waals surface area contributed by atoms with Crippen LogP contribution in [0.2, 0.25) is 20.1 Å². The number of ether oxygens (including phenoxy) is 2. The minimum atomic E-state index is -1.36. The van der Waals surface area contributed by atoms with Crippen LogP contribution in [0, 0.1) is 5.92 Å². The summed E-state index contributed by atoms with van der Waals surface area (Å²) < 4.78 is 10.5. The van der Waals surface area contributed by atoms with Crippen molar-refractivity contribution in [3.8, 4) is 5.75 Å². The van der Waals surface area contributed by atoms with Gasteiger partial charge in [0.1, 0.15) is 11.8 Å². The van der Waals surface area contributed by atoms with Crippen molar-refractivity contribution in [1.29, 1.82) is 0 Å². The zero-order valence-corrected chi connectivity index (χ0v) is 21.8. The summed E-state index contributed by atoms with van der Waals surface area (Å²) >= 11 is 24.4. The molecule has 0 aromatic heterocycles. The molecule has 0 aliphatic carbocycles. The second-order valence-corrected chi connectivity index (χ2v) is 9.30. The standard InChI is InChI=1S/C23H20Cl4N2O6/c1-4-34-12-7-5-11(6-8-12)28-13(30)9-35-23(33)20(10(2)3)29-21(31)14-15(22(29)32)17(25)19(27)18(26)16(14)24/h5-8,10,20H,4,9H2,1-3H3,(H,28,30)/t20-/m1/s1. The molecular weight excluding hydrogens is 542 g/mol. The Hall–Kier alpha value is -2.52. The maximum Gasteiger partial charge on any atom is 0.330 e. The largest absolute Gasteiger partial charge is 0.494 e. The quantitative estimate of drug-likeness (QED) is 0.197. The second-order valence-electron chi connectivity index (χ2n) is 7.79. The van der Waals surface area contributed by atoms with E-state index >= 15 is 0 Å². The van der Waals surface area contributed by atoms with Gasteiger partial charge in [0.05, 0.1) is 37.8 Å². The Morgan fingerprint density at radius 3 is 1.89 bits per heavy atom. The molecule has 2 aromatic carbocycles. The number of hydrogen-bond donors (Lipinski definition) is 1. The molecule has 0 spiro atoms. The van der Waals surface area contributed by atoms with E-state index in [0.717, 1.165) is 0 Å². The summed E-state index contributed by atoms with van der Waals surface area (Å²) in [6, 6.07) is 5.26. The van der Waals surface area contributed by atoms with Crippen molar-refractivity contribution >= 4 is 75.8 Å². The van der Waals surface area contributed by atoms with Gasteiger partial charge in [-0.05, 0) is 37.1 Å². The fraction of sp³-hybridized carbons (Fsp3) is 0.304. The molecule has 35 heavy (non-hydrogen) atoms. The number of carbonyl (C=O) groups excluding carboxylic acids is 4. The molecule has 0 bridgehead atoms. The summed E-state index contributed by atoms with van der Waals surface area (Å²) in [7, 11) is 0. The number of benzene rings is 2. The second kappa shape index (κ2) is 11.0. The van der Waals surface area contributed by atoms with Gasteiger partial charge >= 0.3 is 5.97 Å². The van der Waals surface area contributed by atoms with Crippen molar-refractivity contribution in [3.05, 3.63) is 55.5 Å². The van der Waals surface area contributed by atoms with Crippen LogP contribution >= 0.6 is 46.4 Å². The van der Waals surface area contributed by atoms with E-state index in [0.29, 0.717) is 22.9 Å². The summed E-state index contributed by atoms with van der Waals surface area (Å²) in [5.74, 6) is -3.24. The van der Waals surface area contributed by atoms with Crippen LogP contribution in [0.15, 0.2) is 24.3 Å². The highest BCUT2D eigenvalue weighted by Gasteiger charge is 2.48. The van der Waals surface area contributed by atoms with Crippen LogP contribution < -0.4 is 10.1 Å². The predicted octanol–water partition coefficient (Wildman–Crippen LogP) is 5.50. The number of esters is 1. The molecule has 1 N–H and O–H groups in total. The molecule has 0 radical (unpaired) electrons. The highest BCUT2D eigenvalue weighted by Crippen LogP contribution is 2.45. The fourth-order valence-electron chi connectivity index (χ4n) is 3.52. The van der Waals surface area contributed by atoms with Gasteiger partial charge in [-0.2, -0.15) is 0 Å². The summed E-state index contributed by atoms with van der Waals surface area (Å²) in [6.45, 7) is 4.93. The molecule has 0 unspecified atom stereocenters. The first-order valence-electron chi connectivity index (χ1n) is 10.4. The molecule has 2 aromatic rings. The van der Waals surface area contributed by atoms with Crippen molar-refractivity contribution < 1.29 is 28.7 Å². The van der Waals surface area contributed by atoms with Crippen LogP contribution in [-0.4, -0.2) is 47.8 Å². The summed E-state index contributed by atoms with van der Waals surface area (Å²) in [5.41, 5.74) is -0.0289. The molecule has 0 fully saturated rings. The van der Waals surface area contributed by atoms with Crippen LogP contribution in [0.25, 0.3) is 0 Å². The zero-order valence-electron chi connectivity index (χ0n) is 18.8. The van der Waals surface area contributed by atoms with Gasteiger partial charge in [-0.1, -0.05) is 60.3 Å². The molecule has 1 heterocycles. The van der Waals surface area contributed by atoms with Gasteiger partial charge in [0, 0.05) is 5.69 Å². The Morgan fingerprint density at radius 1 is 0.914 bits per heavy atom. The van der Waals surface area contributed by atoms with Gasteiger partial charge in [0.2, 0.25) is 0 Å². The van der Waals surface area contributed by atoms with Gasteiger partial charge in [-0.25, -0.2) is 4.79 Å². The minimum absolute atomic E-state index is 0.185. The lowest BCUT2D eigenvalue weighted by Gasteiger charge is -2.27. The smallest absolute Gasteiger partial charge is 0.330 e. The summed E-state index contributed by atoms with van der Waals surface area (Å²) in [6.07, 6.45) is 0. The molecule has 8 nitrogen and oxygen atoms in total. The third-order valence-electron chi connectivity index (χ3n) is 5.08. The van der Waals surface area contributed by atoms with Gasteiger partial charge in [-0.15, -0.1) is 0 Å². The number of amides is 3. The maximum atomic E-state index is 13.1. The van der Waals surface area contributed by atoms with Crippen molar-refractivity contribution in [3.63, 3.8) is 0 Å². The number of rotatable bonds is 8. The van der Waals surface area contributed by atoms with Gasteiger partial charge in [-0.3, -0.25) is 19.3 Å². The average molecular weight is 562 g/mol. The molecule has 3 amide bonds. The SMILES string of the molecule is CCOc1ccc(NC(=O)COC(=O)[C@@H](C(C)C)N2C(=O)c3c(Cl)c(Cl)c(Cl)c(Cl)c3C2=O)cc1. The summed E-state index contributed by atoms with van der Waals surface area (Å²) in [4.78, 5) is 52.1. The van der Waals surface area contributed by atoms with Crippen LogP contribution in [0.5, 0.6) is 5.75 Å². The Kier molecular flexibility index (Phi) is 8.54. The van der Waals surface area contributed by atoms with Crippen molar-refractivity contribution in [2.45, 2.75) is 26.8 Å². The number of carbonyl (C=O) groups is 4. The van der Waals surface area contributed by atoms with E-state index in [1.165, 1.54) is 0 Å². The monoisotopic (exact) mass is 560 g/mol. The van der Waals surface area contributed by atoms with Crippen molar-refractivity contribution in [2.24, 2.45) is 5.92 Å². The van der Waals surface area contributed by atoms with Gasteiger partial charge < -0.3 is 14.8 Å². The lowest BCUT2D eigenvalue weighted by atomic mass is 10.0. The van der Waals surface area contributed by atoms with Gasteiger partial charge in [0.25, 0.3) is 17.7 Å². The first-order valence-corrected chi connectivity index (χ1v) is 11.9. The van der Waals surface area contributed by atoms with Crippen LogP contribution in [-0.2, 0) is 14.3 Å². The van der Waals surface area contributed by atoms with E-state index in [-0.39, 0.29) is 31.2 Å². The number of nitrogens with zero attached hydrogens (tertiary/aromatic N) is 1. The Bertz CT molecular complexity index is 1150. The number of fused-ring (bicyclic) bond motifs is 1. The lowest BCUT2D eigenvalue weighted by Crippen LogP contribution is -2.49. The molecule has 186 valence electrons. The third kappa shape index (κ3) is 5.35. The van der Waals surface area contributed by atoms with E-state index < -0.39 is 42.3 Å². The van der Waals surface area contributed by atoms with E-state index in [1.807, 2.05) is 6.92 Å². The first kappa shape index (κ1) is 27.1. The van der Waals surface area contributed by atoms with E-state index in [4.69, 9.17) is 55.9 Å². The van der Waals surface area contributed by atoms with Crippen LogP contribution in [0.1, 0.15) is 41.5 Å². The molecule has 1 atom stereocenters. The normalized spacial score (nSPS) is 13.7. The predicted molar refractivity (Wildman–Crippen MR) is 133 cm³/mol. The van der Waals surface area contributed by atoms with Gasteiger partial charge in [0.15, 0.2) is 6.61 Å². The maximum absolute atomic E-state index is 13.1. The van der Waals surface area contributed by atoms with Crippen molar-refractivity contribution in [2.75, 3.05) is 18.5 Å². The number of halogens is 4.